The predicted molar refractivity (Wildman–Crippen MR) is 149 cm³/mol. The van der Waals surface area contributed by atoms with E-state index in [1.807, 2.05) is 0 Å². The third-order valence-corrected chi connectivity index (χ3v) is 15.0. The summed E-state index contributed by atoms with van der Waals surface area (Å²) in [4.78, 5) is 0. The summed E-state index contributed by atoms with van der Waals surface area (Å²) in [5.41, 5.74) is 0.0888. The van der Waals surface area contributed by atoms with E-state index in [2.05, 4.69) is 34.6 Å². The molecule has 234 valence electrons. The van der Waals surface area contributed by atoms with Crippen molar-refractivity contribution < 1.29 is 39.0 Å². The van der Waals surface area contributed by atoms with E-state index in [1.54, 1.807) is 0 Å². The number of aliphatic hydroxyl groups excluding tert-OH is 4. The van der Waals surface area contributed by atoms with E-state index in [0.717, 1.165) is 38.5 Å². The van der Waals surface area contributed by atoms with Gasteiger partial charge in [-0.15, -0.1) is 0 Å². The van der Waals surface area contributed by atoms with E-state index in [0.29, 0.717) is 30.1 Å². The summed E-state index contributed by atoms with van der Waals surface area (Å²) in [6.07, 6.45) is 3.41. The van der Waals surface area contributed by atoms with Crippen molar-refractivity contribution in [2.24, 2.45) is 50.7 Å². The molecule has 2 aliphatic heterocycles. The Balaban J connectivity index is 1.15. The minimum Gasteiger partial charge on any atom is -0.390 e. The van der Waals surface area contributed by atoms with Crippen LogP contribution in [0.15, 0.2) is 0 Å². The number of ether oxygens (including phenoxy) is 3. The lowest BCUT2D eigenvalue weighted by Gasteiger charge is -2.64. The molecule has 0 aromatic heterocycles. The minimum atomic E-state index is -1.27. The van der Waals surface area contributed by atoms with Gasteiger partial charge in [0.2, 0.25) is 0 Å². The fourth-order valence-corrected chi connectivity index (χ4v) is 13.0. The molecule has 7 nitrogen and oxygen atoms in total. The Bertz CT molecular complexity index is 1040. The quantitative estimate of drug-likeness (QED) is 0.373. The maximum atomic E-state index is 13.3. The van der Waals surface area contributed by atoms with Crippen LogP contribution in [0.3, 0.4) is 0 Å². The van der Waals surface area contributed by atoms with Crippen molar-refractivity contribution in [3.05, 3.63) is 0 Å². The van der Waals surface area contributed by atoms with Gasteiger partial charge in [-0.1, -0.05) is 34.6 Å². The van der Waals surface area contributed by atoms with Crippen LogP contribution < -0.4 is 0 Å². The van der Waals surface area contributed by atoms with Gasteiger partial charge in [-0.25, -0.2) is 0 Å². The van der Waals surface area contributed by atoms with Crippen molar-refractivity contribution in [3.8, 4) is 0 Å². The Morgan fingerprint density at radius 1 is 0.902 bits per heavy atom. The van der Waals surface area contributed by atoms with Crippen molar-refractivity contribution in [1.29, 1.82) is 0 Å². The molecule has 0 radical (unpaired) electrons. The largest absolute Gasteiger partial charge is 0.390 e. The highest BCUT2D eigenvalue weighted by molar-refractivity contribution is 5.32. The fourth-order valence-electron chi connectivity index (χ4n) is 13.0. The highest BCUT2D eigenvalue weighted by Gasteiger charge is 2.84. The molecule has 5 saturated carbocycles. The van der Waals surface area contributed by atoms with Crippen molar-refractivity contribution in [1.82, 2.24) is 0 Å². The monoisotopic (exact) mass is 580 g/mol. The Kier molecular flexibility index (Phi) is 6.69. The van der Waals surface area contributed by atoms with E-state index < -0.39 is 30.7 Å². The average Bonchev–Trinajstić information content (AvgIpc) is 3.55. The second-order valence-electron chi connectivity index (χ2n) is 16.5. The van der Waals surface area contributed by atoms with Gasteiger partial charge in [0.1, 0.15) is 18.3 Å². The Labute approximate surface area is 244 Å². The summed E-state index contributed by atoms with van der Waals surface area (Å²) < 4.78 is 31.9. The first-order chi connectivity index (χ1) is 19.3. The molecule has 0 bridgehead atoms. The van der Waals surface area contributed by atoms with Crippen LogP contribution in [0.4, 0.5) is 4.39 Å². The van der Waals surface area contributed by atoms with Gasteiger partial charge in [-0.3, -0.25) is 4.39 Å². The second kappa shape index (κ2) is 9.34. The fraction of sp³-hybridized carbons (Fsp3) is 1.00. The van der Waals surface area contributed by atoms with Gasteiger partial charge in [0.15, 0.2) is 6.29 Å². The van der Waals surface area contributed by atoms with Gasteiger partial charge in [0, 0.05) is 11.8 Å². The van der Waals surface area contributed by atoms with Crippen LogP contribution in [-0.2, 0) is 14.2 Å². The van der Waals surface area contributed by atoms with Crippen molar-refractivity contribution in [3.63, 3.8) is 0 Å². The molecule has 0 aromatic carbocycles. The lowest BCUT2D eigenvalue weighted by Crippen LogP contribution is -2.61. The highest BCUT2D eigenvalue weighted by Crippen LogP contribution is 2.89. The molecule has 5 aliphatic carbocycles. The van der Waals surface area contributed by atoms with Crippen LogP contribution in [0.5, 0.6) is 0 Å². The van der Waals surface area contributed by atoms with Gasteiger partial charge < -0.3 is 34.6 Å². The minimum absolute atomic E-state index is 0.000586. The van der Waals surface area contributed by atoms with E-state index >= 15 is 0 Å². The molecule has 0 aromatic rings. The number of hydrogen-bond donors (Lipinski definition) is 4. The summed E-state index contributed by atoms with van der Waals surface area (Å²) >= 11 is 0. The molecule has 2 heterocycles. The molecule has 4 N–H and O–H groups in total. The first kappa shape index (κ1) is 29.4. The molecular formula is C33H53FO7. The van der Waals surface area contributed by atoms with Gasteiger partial charge in [-0.05, 0) is 96.7 Å². The summed E-state index contributed by atoms with van der Waals surface area (Å²) in [6, 6.07) is 0. The van der Waals surface area contributed by atoms with Crippen molar-refractivity contribution in [2.45, 2.75) is 141 Å². The molecule has 2 saturated heterocycles. The van der Waals surface area contributed by atoms with E-state index in [-0.39, 0.29) is 58.7 Å². The van der Waals surface area contributed by atoms with E-state index in [1.165, 1.54) is 12.8 Å². The molecule has 7 fully saturated rings. The highest BCUT2D eigenvalue weighted by atomic mass is 19.1. The van der Waals surface area contributed by atoms with E-state index in [9.17, 15) is 24.8 Å². The topological polar surface area (TPSA) is 109 Å². The van der Waals surface area contributed by atoms with Gasteiger partial charge in [-0.2, -0.15) is 0 Å². The molecular weight excluding hydrogens is 527 g/mol. The maximum absolute atomic E-state index is 13.3. The SMILES string of the molecule is C[C@@H]1C[C@H](CCF)OC2C1[C@@]1(C)CC[C@@]34C[C@@]35CC[C@H](OC3OC[C@@H](O)[C@H](O)[C@H]3O)C(C)(C)[C@@H]5CC[C@H]4[C@]1(C)[C@H]2O. The van der Waals surface area contributed by atoms with Crippen LogP contribution in [-0.4, -0.2) is 82.7 Å². The Hall–Kier alpha value is -0.350. The summed E-state index contributed by atoms with van der Waals surface area (Å²) in [7, 11) is 0. The molecule has 7 rings (SSSR count). The molecule has 3 unspecified atom stereocenters. The van der Waals surface area contributed by atoms with Crippen LogP contribution in [0.25, 0.3) is 0 Å². The number of aliphatic hydroxyl groups is 4. The maximum Gasteiger partial charge on any atom is 0.186 e. The smallest absolute Gasteiger partial charge is 0.186 e. The van der Waals surface area contributed by atoms with Gasteiger partial charge >= 0.3 is 0 Å². The zero-order valence-electron chi connectivity index (χ0n) is 25.6. The van der Waals surface area contributed by atoms with E-state index in [4.69, 9.17) is 14.2 Å². The first-order valence-electron chi connectivity index (χ1n) is 16.5. The molecule has 41 heavy (non-hydrogen) atoms. The zero-order valence-corrected chi connectivity index (χ0v) is 25.6. The average molecular weight is 581 g/mol. The molecule has 8 heteroatoms. The number of rotatable bonds is 4. The number of alkyl halides is 1. The van der Waals surface area contributed by atoms with Crippen LogP contribution in [0, 0.1) is 50.7 Å². The van der Waals surface area contributed by atoms with Crippen LogP contribution in [0.1, 0.15) is 92.4 Å². The second-order valence-corrected chi connectivity index (χ2v) is 16.5. The van der Waals surface area contributed by atoms with Gasteiger partial charge in [0.25, 0.3) is 0 Å². The number of halogens is 1. The predicted octanol–water partition coefficient (Wildman–Crippen LogP) is 3.98. The standard InChI is InChI=1S/C33H53FO7/c1-17-14-18(9-13-34)40-26-23(17)30(4)11-12-33-16-32(33)10-8-22(41-28-25(37)24(36)19(35)15-39-28)29(2,3)20(32)6-7-21(33)31(30,5)27(26)38/h17-28,35-38H,6-16H2,1-5H3/t17-,18+,19-,20+,21+,22+,23?,24+,25-,26?,27+,28?,30-,31-,32-,33+/m1/s1. The lowest BCUT2D eigenvalue weighted by molar-refractivity contribution is -0.303. The summed E-state index contributed by atoms with van der Waals surface area (Å²) in [5, 5.41) is 42.8. The zero-order chi connectivity index (χ0) is 29.3. The summed E-state index contributed by atoms with van der Waals surface area (Å²) in [6.45, 7) is 11.3. The normalized spacial score (nSPS) is 60.7. The van der Waals surface area contributed by atoms with Crippen molar-refractivity contribution in [2.75, 3.05) is 13.3 Å². The number of fused-ring (bicyclic) bond motifs is 4. The Morgan fingerprint density at radius 2 is 1.61 bits per heavy atom. The molecule has 7 aliphatic rings. The van der Waals surface area contributed by atoms with Gasteiger partial charge in [0.05, 0.1) is 37.7 Å². The van der Waals surface area contributed by atoms with Crippen molar-refractivity contribution >= 4 is 0 Å². The van der Waals surface area contributed by atoms with Crippen LogP contribution in [0.2, 0.25) is 0 Å². The summed E-state index contributed by atoms with van der Waals surface area (Å²) in [5.74, 6) is 1.63. The van der Waals surface area contributed by atoms with Crippen LogP contribution >= 0.6 is 0 Å². The third kappa shape index (κ3) is 3.56. The first-order valence-corrected chi connectivity index (χ1v) is 16.5. The molecule has 2 spiro atoms. The number of hydrogen-bond acceptors (Lipinski definition) is 7. The Morgan fingerprint density at radius 3 is 2.34 bits per heavy atom. The third-order valence-electron chi connectivity index (χ3n) is 15.0. The lowest BCUT2D eigenvalue weighted by atomic mass is 9.41. The molecule has 0 amide bonds. The molecule has 16 atom stereocenters.